The third kappa shape index (κ3) is 2.82. The van der Waals surface area contributed by atoms with Crippen LogP contribution in [-0.4, -0.2) is 22.8 Å². The van der Waals surface area contributed by atoms with Crippen molar-refractivity contribution in [2.45, 2.75) is 19.3 Å². The van der Waals surface area contributed by atoms with E-state index in [4.69, 9.17) is 0 Å². The molecule has 1 fully saturated rings. The molecule has 0 saturated heterocycles. The van der Waals surface area contributed by atoms with Crippen molar-refractivity contribution in [3.63, 3.8) is 0 Å². The van der Waals surface area contributed by atoms with E-state index in [1.54, 1.807) is 24.5 Å². The first-order chi connectivity index (χ1) is 7.76. The molecule has 1 aromatic heterocycles. The molecular weight excluding hydrogens is 268 g/mol. The van der Waals surface area contributed by atoms with Gasteiger partial charge in [0.1, 0.15) is 0 Å². The molecule has 0 aromatic carbocycles. The summed E-state index contributed by atoms with van der Waals surface area (Å²) in [5, 5.41) is 4.01. The van der Waals surface area contributed by atoms with E-state index in [2.05, 4.69) is 26.2 Å². The van der Waals surface area contributed by atoms with Crippen LogP contribution in [0.5, 0.6) is 0 Å². The fourth-order valence-corrected chi connectivity index (χ4v) is 2.61. The summed E-state index contributed by atoms with van der Waals surface area (Å²) >= 11 is 3.46. The number of nitrogens with zero attached hydrogens (tertiary/aromatic N) is 1. The molecule has 2 rings (SSSR count). The summed E-state index contributed by atoms with van der Waals surface area (Å²) in [6, 6.07) is 3.47. The van der Waals surface area contributed by atoms with Crippen LogP contribution in [0.15, 0.2) is 24.5 Å². The van der Waals surface area contributed by atoms with Crippen LogP contribution in [0, 0.1) is 5.41 Å². The molecule has 1 aromatic rings. The predicted octanol–water partition coefficient (Wildman–Crippen LogP) is 2.38. The number of pyridine rings is 1. The molecule has 1 heterocycles. The second kappa shape index (κ2) is 4.95. The van der Waals surface area contributed by atoms with E-state index in [0.717, 1.165) is 18.3 Å². The molecule has 1 saturated carbocycles. The van der Waals surface area contributed by atoms with Gasteiger partial charge in [0.2, 0.25) is 0 Å². The minimum absolute atomic E-state index is 0.00301. The Kier molecular flexibility index (Phi) is 3.59. The quantitative estimate of drug-likeness (QED) is 0.843. The zero-order valence-corrected chi connectivity index (χ0v) is 10.7. The van der Waals surface area contributed by atoms with Crippen LogP contribution in [0.2, 0.25) is 0 Å². The molecule has 16 heavy (non-hydrogen) atoms. The highest BCUT2D eigenvalue weighted by atomic mass is 79.9. The number of amides is 1. The van der Waals surface area contributed by atoms with Crippen molar-refractivity contribution in [3.05, 3.63) is 30.1 Å². The number of rotatable bonds is 5. The molecule has 1 aliphatic rings. The summed E-state index contributed by atoms with van der Waals surface area (Å²) in [6.45, 7) is 0.791. The first-order valence-electron chi connectivity index (χ1n) is 5.50. The lowest BCUT2D eigenvalue weighted by Crippen LogP contribution is -2.30. The van der Waals surface area contributed by atoms with Crippen LogP contribution >= 0.6 is 15.9 Å². The van der Waals surface area contributed by atoms with Gasteiger partial charge in [0, 0.05) is 29.8 Å². The largest absolute Gasteiger partial charge is 0.351 e. The van der Waals surface area contributed by atoms with E-state index in [0.29, 0.717) is 11.0 Å². The van der Waals surface area contributed by atoms with Gasteiger partial charge in [0.25, 0.3) is 5.91 Å². The number of aromatic nitrogens is 1. The van der Waals surface area contributed by atoms with Gasteiger partial charge in [0.05, 0.1) is 0 Å². The highest BCUT2D eigenvalue weighted by Gasteiger charge is 2.41. The van der Waals surface area contributed by atoms with Crippen LogP contribution in [0.4, 0.5) is 0 Å². The molecule has 0 spiro atoms. The van der Waals surface area contributed by atoms with Crippen molar-refractivity contribution in [1.82, 2.24) is 10.3 Å². The zero-order chi connectivity index (χ0) is 11.4. The summed E-state index contributed by atoms with van der Waals surface area (Å²) in [5.41, 5.74) is 1.05. The summed E-state index contributed by atoms with van der Waals surface area (Å²) in [4.78, 5) is 15.7. The third-order valence-electron chi connectivity index (χ3n) is 3.15. The second-order valence-electron chi connectivity index (χ2n) is 4.36. The third-order valence-corrected chi connectivity index (χ3v) is 3.54. The lowest BCUT2D eigenvalue weighted by molar-refractivity contribution is 0.0944. The van der Waals surface area contributed by atoms with Gasteiger partial charge in [-0.2, -0.15) is 0 Å². The number of alkyl halides is 1. The Bertz CT molecular complexity index is 363. The van der Waals surface area contributed by atoms with Crippen LogP contribution in [0.1, 0.15) is 29.6 Å². The first-order valence-corrected chi connectivity index (χ1v) is 6.62. The monoisotopic (exact) mass is 282 g/mol. The van der Waals surface area contributed by atoms with E-state index in [-0.39, 0.29) is 5.91 Å². The summed E-state index contributed by atoms with van der Waals surface area (Å²) in [6.07, 6.45) is 6.88. The summed E-state index contributed by atoms with van der Waals surface area (Å²) in [5.74, 6) is 0.00301. The van der Waals surface area contributed by atoms with Gasteiger partial charge in [-0.25, -0.2) is 0 Å². The number of nitrogens with one attached hydrogen (secondary N) is 1. The molecule has 0 radical (unpaired) electrons. The van der Waals surface area contributed by atoms with Gasteiger partial charge in [-0.05, 0) is 36.8 Å². The molecular formula is C12H15BrN2O. The van der Waals surface area contributed by atoms with Crippen LogP contribution in [-0.2, 0) is 0 Å². The Morgan fingerprint density at radius 3 is 2.69 bits per heavy atom. The van der Waals surface area contributed by atoms with E-state index >= 15 is 0 Å². The molecule has 0 bridgehead atoms. The van der Waals surface area contributed by atoms with Crippen LogP contribution < -0.4 is 5.32 Å². The topological polar surface area (TPSA) is 42.0 Å². The smallest absolute Gasteiger partial charge is 0.251 e. The van der Waals surface area contributed by atoms with Gasteiger partial charge in [0.15, 0.2) is 0 Å². The normalized spacial score (nSPS) is 16.8. The Morgan fingerprint density at radius 1 is 1.44 bits per heavy atom. The molecule has 1 aliphatic carbocycles. The Labute approximate surface area is 104 Å². The van der Waals surface area contributed by atoms with E-state index < -0.39 is 0 Å². The Balaban J connectivity index is 1.85. The molecule has 86 valence electrons. The van der Waals surface area contributed by atoms with Crippen molar-refractivity contribution >= 4 is 21.8 Å². The van der Waals surface area contributed by atoms with Gasteiger partial charge in [-0.15, -0.1) is 0 Å². The SMILES string of the molecule is O=C(NCC1(CCBr)CC1)c1ccncc1. The van der Waals surface area contributed by atoms with Gasteiger partial charge in [-0.3, -0.25) is 9.78 Å². The molecule has 3 nitrogen and oxygen atoms in total. The molecule has 0 unspecified atom stereocenters. The van der Waals surface area contributed by atoms with Crippen molar-refractivity contribution in [2.75, 3.05) is 11.9 Å². The van der Waals surface area contributed by atoms with Gasteiger partial charge < -0.3 is 5.32 Å². The van der Waals surface area contributed by atoms with E-state index in [9.17, 15) is 4.79 Å². The minimum atomic E-state index is 0.00301. The average Bonchev–Trinajstić information content (AvgIpc) is 3.08. The van der Waals surface area contributed by atoms with Crippen LogP contribution in [0.25, 0.3) is 0 Å². The maximum absolute atomic E-state index is 11.8. The number of hydrogen-bond donors (Lipinski definition) is 1. The molecule has 0 atom stereocenters. The highest BCUT2D eigenvalue weighted by Crippen LogP contribution is 2.48. The number of carbonyl (C=O) groups is 1. The van der Waals surface area contributed by atoms with Crippen molar-refractivity contribution in [3.8, 4) is 0 Å². The van der Waals surface area contributed by atoms with Gasteiger partial charge in [-0.1, -0.05) is 15.9 Å². The highest BCUT2D eigenvalue weighted by molar-refractivity contribution is 9.09. The summed E-state index contributed by atoms with van der Waals surface area (Å²) in [7, 11) is 0. The van der Waals surface area contributed by atoms with E-state index in [1.807, 2.05) is 0 Å². The molecule has 1 N–H and O–H groups in total. The maximum Gasteiger partial charge on any atom is 0.251 e. The van der Waals surface area contributed by atoms with Crippen molar-refractivity contribution in [2.24, 2.45) is 5.41 Å². The Morgan fingerprint density at radius 2 is 2.12 bits per heavy atom. The maximum atomic E-state index is 11.8. The fraction of sp³-hybridized carbons (Fsp3) is 0.500. The summed E-state index contributed by atoms with van der Waals surface area (Å²) < 4.78 is 0. The predicted molar refractivity (Wildman–Crippen MR) is 66.6 cm³/mol. The fourth-order valence-electron chi connectivity index (χ4n) is 1.77. The van der Waals surface area contributed by atoms with Crippen molar-refractivity contribution < 1.29 is 4.79 Å². The zero-order valence-electron chi connectivity index (χ0n) is 9.08. The van der Waals surface area contributed by atoms with Crippen molar-refractivity contribution in [1.29, 1.82) is 0 Å². The lowest BCUT2D eigenvalue weighted by atomic mass is 10.0. The van der Waals surface area contributed by atoms with E-state index in [1.165, 1.54) is 12.8 Å². The standard InChI is InChI=1S/C12H15BrN2O/c13-6-5-12(3-4-12)9-15-11(16)10-1-7-14-8-2-10/h1-2,7-8H,3-6,9H2,(H,15,16). The number of hydrogen-bond acceptors (Lipinski definition) is 2. The Hall–Kier alpha value is -0.900. The first kappa shape index (κ1) is 11.6. The average molecular weight is 283 g/mol. The molecule has 4 heteroatoms. The molecule has 0 aliphatic heterocycles. The second-order valence-corrected chi connectivity index (χ2v) is 5.15. The van der Waals surface area contributed by atoms with Crippen LogP contribution in [0.3, 0.4) is 0 Å². The number of carbonyl (C=O) groups excluding carboxylic acids is 1. The molecule has 1 amide bonds. The van der Waals surface area contributed by atoms with Gasteiger partial charge >= 0.3 is 0 Å². The lowest BCUT2D eigenvalue weighted by Gasteiger charge is -2.14. The number of halogens is 1. The minimum Gasteiger partial charge on any atom is -0.351 e.